The number of ether oxygens (including phenoxy) is 2. The third-order valence-corrected chi connectivity index (χ3v) is 11.5. The first kappa shape index (κ1) is 28.4. The van der Waals surface area contributed by atoms with Crippen LogP contribution in [0.5, 0.6) is 0 Å². The molecule has 38 heavy (non-hydrogen) atoms. The van der Waals surface area contributed by atoms with Crippen molar-refractivity contribution in [2.24, 2.45) is 46.8 Å². The monoisotopic (exact) mass is 532 g/mol. The molecule has 4 fully saturated rings. The van der Waals surface area contributed by atoms with Crippen molar-refractivity contribution in [3.05, 3.63) is 22.8 Å². The maximum absolute atomic E-state index is 12.4. The molecule has 1 aliphatic heterocycles. The molecule has 3 saturated carbocycles. The van der Waals surface area contributed by atoms with Gasteiger partial charge in [-0.3, -0.25) is 4.79 Å². The van der Waals surface area contributed by atoms with Crippen molar-refractivity contribution in [1.82, 2.24) is 0 Å². The van der Waals surface area contributed by atoms with E-state index in [4.69, 9.17) is 9.47 Å². The van der Waals surface area contributed by atoms with E-state index in [2.05, 4.69) is 40.7 Å². The second-order valence-electron chi connectivity index (χ2n) is 13.7. The number of aliphatic hydroxyl groups is 4. The van der Waals surface area contributed by atoms with Crippen molar-refractivity contribution in [2.45, 2.75) is 110 Å². The molecule has 1 saturated heterocycles. The van der Waals surface area contributed by atoms with Gasteiger partial charge in [0.25, 0.3) is 0 Å². The van der Waals surface area contributed by atoms with Crippen LogP contribution in [0.1, 0.15) is 73.1 Å². The van der Waals surface area contributed by atoms with Crippen LogP contribution in [0, 0.1) is 46.8 Å². The number of hydrogen-bond donors (Lipinski definition) is 4. The van der Waals surface area contributed by atoms with Gasteiger partial charge in [0.1, 0.15) is 30.7 Å². The smallest absolute Gasteiger partial charge is 0.186 e. The van der Waals surface area contributed by atoms with E-state index in [0.29, 0.717) is 23.2 Å². The summed E-state index contributed by atoms with van der Waals surface area (Å²) in [5.41, 5.74) is 4.08. The molecule has 0 bridgehead atoms. The summed E-state index contributed by atoms with van der Waals surface area (Å²) >= 11 is 0. The third-order valence-electron chi connectivity index (χ3n) is 11.5. The Morgan fingerprint density at radius 3 is 2.55 bits per heavy atom. The van der Waals surface area contributed by atoms with Gasteiger partial charge in [0.05, 0.1) is 12.7 Å². The highest BCUT2D eigenvalue weighted by Gasteiger charge is 2.54. The van der Waals surface area contributed by atoms with Gasteiger partial charge in [-0.1, -0.05) is 44.9 Å². The molecule has 4 N–H and O–H groups in total. The van der Waals surface area contributed by atoms with Crippen molar-refractivity contribution in [1.29, 1.82) is 0 Å². The van der Waals surface area contributed by atoms with Crippen LogP contribution in [0.3, 0.4) is 0 Å². The van der Waals surface area contributed by atoms with Gasteiger partial charge in [-0.15, -0.1) is 0 Å². The Morgan fingerprint density at radius 1 is 1.16 bits per heavy atom. The first-order valence-electron chi connectivity index (χ1n) is 14.8. The molecule has 0 amide bonds. The normalized spacial score (nSPS) is 49.2. The Balaban J connectivity index is 1.43. The molecule has 214 valence electrons. The van der Waals surface area contributed by atoms with Crippen LogP contribution in [-0.4, -0.2) is 70.1 Å². The largest absolute Gasteiger partial charge is 0.394 e. The van der Waals surface area contributed by atoms with E-state index in [9.17, 15) is 25.2 Å². The molecule has 7 nitrogen and oxygen atoms in total. The van der Waals surface area contributed by atoms with E-state index in [1.165, 1.54) is 24.0 Å². The van der Waals surface area contributed by atoms with Crippen LogP contribution in [0.4, 0.5) is 0 Å². The van der Waals surface area contributed by atoms with Gasteiger partial charge >= 0.3 is 0 Å². The number of allylic oxidation sites excluding steroid dienone is 3. The minimum Gasteiger partial charge on any atom is -0.394 e. The molecule has 5 rings (SSSR count). The lowest BCUT2D eigenvalue weighted by molar-refractivity contribution is -0.313. The van der Waals surface area contributed by atoms with Crippen molar-refractivity contribution >= 4 is 6.29 Å². The molecule has 4 aliphatic carbocycles. The fourth-order valence-corrected chi connectivity index (χ4v) is 9.07. The van der Waals surface area contributed by atoms with Gasteiger partial charge in [0.15, 0.2) is 6.29 Å². The Kier molecular flexibility index (Phi) is 8.02. The van der Waals surface area contributed by atoms with Gasteiger partial charge in [0, 0.05) is 0 Å². The second-order valence-corrected chi connectivity index (χ2v) is 13.7. The molecule has 0 aromatic carbocycles. The van der Waals surface area contributed by atoms with Crippen LogP contribution in [0.15, 0.2) is 22.8 Å². The summed E-state index contributed by atoms with van der Waals surface area (Å²) in [7, 11) is 0. The highest BCUT2D eigenvalue weighted by atomic mass is 16.7. The van der Waals surface area contributed by atoms with Crippen molar-refractivity contribution in [3.63, 3.8) is 0 Å². The Hall–Kier alpha value is -1.09. The highest BCUT2D eigenvalue weighted by Crippen LogP contribution is 2.62. The Labute approximate surface area is 227 Å². The van der Waals surface area contributed by atoms with E-state index in [1.54, 1.807) is 0 Å². The second kappa shape index (κ2) is 10.7. The minimum atomic E-state index is -1.45. The number of hydrogen-bond acceptors (Lipinski definition) is 7. The van der Waals surface area contributed by atoms with Crippen LogP contribution in [0.2, 0.25) is 0 Å². The highest BCUT2D eigenvalue weighted by molar-refractivity contribution is 5.74. The molecule has 12 unspecified atom stereocenters. The molecule has 0 aromatic rings. The summed E-state index contributed by atoms with van der Waals surface area (Å²) in [5, 5.41) is 40.6. The van der Waals surface area contributed by atoms with Gasteiger partial charge in [-0.25, -0.2) is 0 Å². The number of carbonyl (C=O) groups excluding carboxylic acids is 1. The fourth-order valence-electron chi connectivity index (χ4n) is 9.07. The standard InChI is InChI=1S/C31H48O7/c1-15(2)19-8-9-31(5)12-23-18(13-32)6-7-20-17(4)25(11-22(20)16(3)21(23)10-24(19)31)37-30-29(36)28(35)27(34)26(14-33)38-30/h6,13,15,17,19-21,23-30,33-36H,7-12,14H2,1-5H3/t17?,19?,20?,21?,23?,24?,25?,26?,27?,28?,29?,30?,31-/m1/s1. The van der Waals surface area contributed by atoms with Crippen molar-refractivity contribution in [2.75, 3.05) is 6.61 Å². The fraction of sp³-hybridized carbons (Fsp3) is 0.839. The average molecular weight is 533 g/mol. The lowest BCUT2D eigenvalue weighted by Crippen LogP contribution is -2.59. The van der Waals surface area contributed by atoms with E-state index < -0.39 is 37.3 Å². The number of carbonyl (C=O) groups is 1. The molecular formula is C31H48O7. The van der Waals surface area contributed by atoms with Crippen LogP contribution in [0.25, 0.3) is 0 Å². The molecule has 1 heterocycles. The quantitative estimate of drug-likeness (QED) is 0.317. The molecule has 5 aliphatic rings. The summed E-state index contributed by atoms with van der Waals surface area (Å²) in [6, 6.07) is 0. The summed E-state index contributed by atoms with van der Waals surface area (Å²) < 4.78 is 12.0. The topological polar surface area (TPSA) is 116 Å². The first-order chi connectivity index (χ1) is 18.0. The molecule has 0 radical (unpaired) electrons. The zero-order valence-electron chi connectivity index (χ0n) is 23.6. The molecule has 13 atom stereocenters. The van der Waals surface area contributed by atoms with Gasteiger partial charge in [-0.2, -0.15) is 0 Å². The predicted octanol–water partition coefficient (Wildman–Crippen LogP) is 3.39. The van der Waals surface area contributed by atoms with Gasteiger partial charge in [0.2, 0.25) is 0 Å². The summed E-state index contributed by atoms with van der Waals surface area (Å²) in [6.45, 7) is 11.1. The lowest BCUT2D eigenvalue weighted by Gasteiger charge is -2.49. The van der Waals surface area contributed by atoms with Crippen LogP contribution < -0.4 is 0 Å². The lowest BCUT2D eigenvalue weighted by atomic mass is 9.55. The summed E-state index contributed by atoms with van der Waals surface area (Å²) in [6.07, 6.45) is 2.93. The van der Waals surface area contributed by atoms with Crippen LogP contribution >= 0.6 is 0 Å². The summed E-state index contributed by atoms with van der Waals surface area (Å²) in [5.74, 6) is 3.03. The van der Waals surface area contributed by atoms with Crippen molar-refractivity contribution in [3.8, 4) is 0 Å². The third kappa shape index (κ3) is 4.65. The average Bonchev–Trinajstić information content (AvgIpc) is 3.39. The molecule has 7 heteroatoms. The zero-order chi connectivity index (χ0) is 27.5. The maximum atomic E-state index is 12.4. The van der Waals surface area contributed by atoms with E-state index in [0.717, 1.165) is 43.5 Å². The number of aliphatic hydroxyl groups excluding tert-OH is 4. The Morgan fingerprint density at radius 2 is 1.89 bits per heavy atom. The van der Waals surface area contributed by atoms with E-state index >= 15 is 0 Å². The summed E-state index contributed by atoms with van der Waals surface area (Å²) in [4.78, 5) is 12.4. The molecule has 0 aromatic heterocycles. The van der Waals surface area contributed by atoms with Crippen LogP contribution in [-0.2, 0) is 14.3 Å². The van der Waals surface area contributed by atoms with Gasteiger partial charge < -0.3 is 29.9 Å². The van der Waals surface area contributed by atoms with E-state index in [1.807, 2.05) is 0 Å². The van der Waals surface area contributed by atoms with E-state index in [-0.39, 0.29) is 23.9 Å². The number of aldehydes is 1. The minimum absolute atomic E-state index is 0.122. The Bertz CT molecular complexity index is 956. The van der Waals surface area contributed by atoms with Gasteiger partial charge in [-0.05, 0) is 97.9 Å². The number of fused-ring (bicyclic) bond motifs is 3. The SMILES string of the molecule is CC1=C2CC(OC3OC(CO)C(O)C(O)C3O)C(C)C2CC=C(C=O)C2C[C@@]3(C)CCC(C(C)C)C3CC12. The van der Waals surface area contributed by atoms with Crippen molar-refractivity contribution < 1.29 is 34.7 Å². The first-order valence-corrected chi connectivity index (χ1v) is 14.8. The maximum Gasteiger partial charge on any atom is 0.186 e. The number of rotatable bonds is 5. The zero-order valence-corrected chi connectivity index (χ0v) is 23.6. The molecule has 0 spiro atoms. The molecular weight excluding hydrogens is 484 g/mol. The predicted molar refractivity (Wildman–Crippen MR) is 143 cm³/mol.